The number of rotatable bonds is 4. The highest BCUT2D eigenvalue weighted by Crippen LogP contribution is 2.42. The maximum Gasteiger partial charge on any atom is 0.391 e. The van der Waals surface area contributed by atoms with E-state index in [1.807, 2.05) is 17.5 Å². The molecule has 1 aliphatic carbocycles. The topological polar surface area (TPSA) is 46.2 Å². The van der Waals surface area contributed by atoms with Crippen LogP contribution < -0.4 is 5.73 Å². The van der Waals surface area contributed by atoms with E-state index in [0.717, 1.165) is 4.88 Å². The van der Waals surface area contributed by atoms with Gasteiger partial charge in [0.15, 0.2) is 0 Å². The van der Waals surface area contributed by atoms with E-state index in [1.54, 1.807) is 0 Å². The summed E-state index contributed by atoms with van der Waals surface area (Å²) in [5.41, 5.74) is 5.73. The van der Waals surface area contributed by atoms with E-state index in [1.165, 1.54) is 11.3 Å². The number of hydrogen-bond donors (Lipinski definition) is 2. The van der Waals surface area contributed by atoms with Crippen molar-refractivity contribution in [3.05, 3.63) is 22.4 Å². The third kappa shape index (κ3) is 3.54. The van der Waals surface area contributed by atoms with Crippen LogP contribution in [-0.4, -0.2) is 23.9 Å². The van der Waals surface area contributed by atoms with E-state index in [0.29, 0.717) is 19.4 Å². The fourth-order valence-electron chi connectivity index (χ4n) is 3.04. The van der Waals surface area contributed by atoms with Gasteiger partial charge in [-0.1, -0.05) is 6.07 Å². The molecule has 1 fully saturated rings. The summed E-state index contributed by atoms with van der Waals surface area (Å²) in [4.78, 5) is 1.01. The standard InChI is InChI=1S/C14H20F3NOS/c15-14(16,17)10-5-3-9(4-6-10)13(19)11(8-18)12-2-1-7-20-12/h1-2,7,9-11,13,19H,3-6,8,18H2. The quantitative estimate of drug-likeness (QED) is 0.894. The molecule has 0 aliphatic heterocycles. The molecule has 0 bridgehead atoms. The third-order valence-corrected chi connectivity index (χ3v) is 5.30. The van der Waals surface area contributed by atoms with Gasteiger partial charge < -0.3 is 10.8 Å². The van der Waals surface area contributed by atoms with Crippen molar-refractivity contribution in [3.8, 4) is 0 Å². The first-order chi connectivity index (χ1) is 9.43. The minimum Gasteiger partial charge on any atom is -0.392 e. The van der Waals surface area contributed by atoms with Crippen LogP contribution in [0.15, 0.2) is 17.5 Å². The Morgan fingerprint density at radius 1 is 1.30 bits per heavy atom. The maximum atomic E-state index is 12.6. The van der Waals surface area contributed by atoms with Gasteiger partial charge in [-0.15, -0.1) is 11.3 Å². The second-order valence-corrected chi connectivity index (χ2v) is 6.48. The third-order valence-electron chi connectivity index (χ3n) is 4.29. The Bertz CT molecular complexity index is 399. The Labute approximate surface area is 120 Å². The molecule has 1 aromatic rings. The zero-order chi connectivity index (χ0) is 14.8. The zero-order valence-electron chi connectivity index (χ0n) is 11.1. The molecule has 0 spiro atoms. The summed E-state index contributed by atoms with van der Waals surface area (Å²) in [6.07, 6.45) is -3.66. The number of hydrogen-bond acceptors (Lipinski definition) is 3. The lowest BCUT2D eigenvalue weighted by Crippen LogP contribution is -2.36. The van der Waals surface area contributed by atoms with Crippen molar-refractivity contribution in [2.45, 2.75) is 43.9 Å². The molecule has 2 unspecified atom stereocenters. The molecule has 0 aromatic carbocycles. The monoisotopic (exact) mass is 307 g/mol. The number of halogens is 3. The average molecular weight is 307 g/mol. The maximum absolute atomic E-state index is 12.6. The van der Waals surface area contributed by atoms with Crippen molar-refractivity contribution in [2.75, 3.05) is 6.54 Å². The van der Waals surface area contributed by atoms with Gasteiger partial charge in [0.25, 0.3) is 0 Å². The lowest BCUT2D eigenvalue weighted by atomic mass is 9.76. The van der Waals surface area contributed by atoms with Crippen LogP contribution in [0.3, 0.4) is 0 Å². The molecule has 0 saturated heterocycles. The number of thiophene rings is 1. The van der Waals surface area contributed by atoms with Crippen molar-refractivity contribution in [1.29, 1.82) is 0 Å². The Morgan fingerprint density at radius 3 is 2.40 bits per heavy atom. The first kappa shape index (κ1) is 15.8. The molecule has 0 amide bonds. The molecule has 1 aromatic heterocycles. The largest absolute Gasteiger partial charge is 0.392 e. The van der Waals surface area contributed by atoms with Crippen LogP contribution in [0.4, 0.5) is 13.2 Å². The Balaban J connectivity index is 1.96. The molecule has 1 saturated carbocycles. The smallest absolute Gasteiger partial charge is 0.391 e. The van der Waals surface area contributed by atoms with E-state index in [4.69, 9.17) is 5.73 Å². The van der Waals surface area contributed by atoms with Crippen LogP contribution in [0, 0.1) is 11.8 Å². The van der Waals surface area contributed by atoms with Crippen LogP contribution in [0.5, 0.6) is 0 Å². The molecular weight excluding hydrogens is 287 g/mol. The minimum absolute atomic E-state index is 0.0794. The van der Waals surface area contributed by atoms with Gasteiger partial charge in [0.1, 0.15) is 0 Å². The fourth-order valence-corrected chi connectivity index (χ4v) is 3.92. The summed E-state index contributed by atoms with van der Waals surface area (Å²) in [5.74, 6) is -1.45. The summed E-state index contributed by atoms with van der Waals surface area (Å²) >= 11 is 1.53. The summed E-state index contributed by atoms with van der Waals surface area (Å²) in [6.45, 7) is 0.320. The highest BCUT2D eigenvalue weighted by Gasteiger charge is 2.43. The summed E-state index contributed by atoms with van der Waals surface area (Å²) < 4.78 is 37.9. The van der Waals surface area contributed by atoms with E-state index in [-0.39, 0.29) is 24.7 Å². The van der Waals surface area contributed by atoms with Crippen molar-refractivity contribution in [1.82, 2.24) is 0 Å². The minimum atomic E-state index is -4.10. The number of nitrogens with two attached hydrogens (primary N) is 1. The van der Waals surface area contributed by atoms with Gasteiger partial charge >= 0.3 is 6.18 Å². The highest BCUT2D eigenvalue weighted by atomic mass is 32.1. The highest BCUT2D eigenvalue weighted by molar-refractivity contribution is 7.10. The fraction of sp³-hybridized carbons (Fsp3) is 0.714. The molecule has 6 heteroatoms. The van der Waals surface area contributed by atoms with Gasteiger partial charge in [-0.25, -0.2) is 0 Å². The normalized spacial score (nSPS) is 27.2. The van der Waals surface area contributed by atoms with Gasteiger partial charge in [0.05, 0.1) is 12.0 Å². The van der Waals surface area contributed by atoms with Crippen molar-refractivity contribution < 1.29 is 18.3 Å². The molecule has 1 heterocycles. The molecule has 0 radical (unpaired) electrons. The predicted octanol–water partition coefficient (Wildman–Crippen LogP) is 3.52. The van der Waals surface area contributed by atoms with E-state index < -0.39 is 18.2 Å². The van der Waals surface area contributed by atoms with Crippen molar-refractivity contribution >= 4 is 11.3 Å². The van der Waals surface area contributed by atoms with Gasteiger partial charge in [0, 0.05) is 17.3 Å². The molecule has 2 nitrogen and oxygen atoms in total. The van der Waals surface area contributed by atoms with Crippen LogP contribution in [0.25, 0.3) is 0 Å². The SMILES string of the molecule is NCC(c1cccs1)C(O)C1CCC(C(F)(F)F)CC1. The van der Waals surface area contributed by atoms with Gasteiger partial charge in [-0.05, 0) is 43.0 Å². The second-order valence-electron chi connectivity index (χ2n) is 5.50. The average Bonchev–Trinajstić information content (AvgIpc) is 2.92. The van der Waals surface area contributed by atoms with Crippen molar-refractivity contribution in [3.63, 3.8) is 0 Å². The van der Waals surface area contributed by atoms with Crippen LogP contribution in [0.2, 0.25) is 0 Å². The zero-order valence-corrected chi connectivity index (χ0v) is 12.0. The lowest BCUT2D eigenvalue weighted by molar-refractivity contribution is -0.186. The molecular formula is C14H20F3NOS. The Morgan fingerprint density at radius 2 is 1.95 bits per heavy atom. The number of aliphatic hydroxyl groups excluding tert-OH is 1. The first-order valence-corrected chi connectivity index (χ1v) is 7.79. The number of alkyl halides is 3. The first-order valence-electron chi connectivity index (χ1n) is 6.91. The number of aliphatic hydroxyl groups is 1. The van der Waals surface area contributed by atoms with Gasteiger partial charge in [-0.2, -0.15) is 13.2 Å². The van der Waals surface area contributed by atoms with Gasteiger partial charge in [-0.3, -0.25) is 0 Å². The summed E-state index contributed by atoms with van der Waals surface area (Å²) in [6, 6.07) is 3.82. The van der Waals surface area contributed by atoms with Crippen LogP contribution >= 0.6 is 11.3 Å². The molecule has 1 aliphatic rings. The van der Waals surface area contributed by atoms with Crippen molar-refractivity contribution in [2.24, 2.45) is 17.6 Å². The molecule has 3 N–H and O–H groups in total. The van der Waals surface area contributed by atoms with Crippen LogP contribution in [0.1, 0.15) is 36.5 Å². The molecule has 2 atom stereocenters. The van der Waals surface area contributed by atoms with E-state index in [9.17, 15) is 18.3 Å². The predicted molar refractivity (Wildman–Crippen MR) is 73.6 cm³/mol. The Hall–Kier alpha value is -0.590. The molecule has 2 rings (SSSR count). The lowest BCUT2D eigenvalue weighted by Gasteiger charge is -2.35. The second kappa shape index (κ2) is 6.45. The summed E-state index contributed by atoms with van der Waals surface area (Å²) in [7, 11) is 0. The Kier molecular flexibility index (Phi) is 5.09. The van der Waals surface area contributed by atoms with Crippen LogP contribution in [-0.2, 0) is 0 Å². The van der Waals surface area contributed by atoms with Gasteiger partial charge in [0.2, 0.25) is 0 Å². The van der Waals surface area contributed by atoms with E-state index >= 15 is 0 Å². The molecule has 20 heavy (non-hydrogen) atoms. The molecule has 114 valence electrons. The van der Waals surface area contributed by atoms with E-state index in [2.05, 4.69) is 0 Å². The summed E-state index contributed by atoms with van der Waals surface area (Å²) in [5, 5.41) is 12.4.